The molecule has 1 fully saturated rings. The van der Waals surface area contributed by atoms with Crippen LogP contribution in [0.5, 0.6) is 5.75 Å². The van der Waals surface area contributed by atoms with E-state index in [0.29, 0.717) is 24.3 Å². The van der Waals surface area contributed by atoms with Crippen molar-refractivity contribution < 1.29 is 58.3 Å². The molecule has 0 bridgehead atoms. The van der Waals surface area contributed by atoms with Crippen LogP contribution in [0.4, 0.5) is 26.3 Å². The number of hydrogen-bond donors (Lipinski definition) is 1. The quantitative estimate of drug-likeness (QED) is 0.270. The normalized spacial score (nSPS) is 21.6. The lowest BCUT2D eigenvalue weighted by Crippen LogP contribution is -2.63. The molecule has 14 heteroatoms. The lowest BCUT2D eigenvalue weighted by Gasteiger charge is -2.37. The summed E-state index contributed by atoms with van der Waals surface area (Å²) < 4.78 is 126. The number of halogens is 6. The highest BCUT2D eigenvalue weighted by atomic mass is 32.2. The molecule has 0 spiro atoms. The number of hydrogen-bond acceptors (Lipinski definition) is 6. The van der Waals surface area contributed by atoms with Gasteiger partial charge in [0.15, 0.2) is 0 Å². The lowest BCUT2D eigenvalue weighted by molar-refractivity contribution is -0.361. The number of ether oxygens (including phenoxy) is 3. The van der Waals surface area contributed by atoms with Crippen molar-refractivity contribution in [2.24, 2.45) is 0 Å². The van der Waals surface area contributed by atoms with Crippen molar-refractivity contribution in [2.45, 2.75) is 49.2 Å². The van der Waals surface area contributed by atoms with Crippen molar-refractivity contribution >= 4 is 16.1 Å². The number of alkyl halides is 6. The first-order chi connectivity index (χ1) is 14.6. The van der Waals surface area contributed by atoms with Gasteiger partial charge in [0, 0.05) is 0 Å². The highest BCUT2D eigenvalue weighted by molar-refractivity contribution is 7.85. The molecule has 1 aliphatic carbocycles. The summed E-state index contributed by atoms with van der Waals surface area (Å²) >= 11 is 0. The number of epoxide rings is 1. The number of carbonyl (C=O) groups is 1. The summed E-state index contributed by atoms with van der Waals surface area (Å²) in [5.41, 5.74) is -4.87. The summed E-state index contributed by atoms with van der Waals surface area (Å²) in [4.78, 5) is 12.6. The molecule has 7 nitrogen and oxygen atoms in total. The molecule has 2 atom stereocenters. The van der Waals surface area contributed by atoms with Crippen molar-refractivity contribution in [1.82, 2.24) is 0 Å². The monoisotopic (exact) mass is 492 g/mol. The summed E-state index contributed by atoms with van der Waals surface area (Å²) in [6.45, 7) is 0.680. The van der Waals surface area contributed by atoms with Gasteiger partial charge in [-0.15, -0.1) is 0 Å². The predicted molar refractivity (Wildman–Crippen MR) is 94.7 cm³/mol. The molecule has 2 aliphatic rings. The molecular formula is C18H18F6O7S. The number of esters is 1. The Morgan fingerprint density at radius 1 is 1.16 bits per heavy atom. The van der Waals surface area contributed by atoms with Gasteiger partial charge >= 0.3 is 23.9 Å². The first-order valence-electron chi connectivity index (χ1n) is 9.32. The first kappa shape index (κ1) is 24.6. The molecule has 2 unspecified atom stereocenters. The Balaban J connectivity index is 1.95. The van der Waals surface area contributed by atoms with Gasteiger partial charge in [0.2, 0.25) is 0 Å². The highest BCUT2D eigenvalue weighted by Crippen LogP contribution is 2.48. The van der Waals surface area contributed by atoms with E-state index in [1.54, 1.807) is 6.07 Å². The molecule has 32 heavy (non-hydrogen) atoms. The van der Waals surface area contributed by atoms with Crippen molar-refractivity contribution in [3.8, 4) is 5.75 Å². The second-order valence-electron chi connectivity index (χ2n) is 7.50. The van der Waals surface area contributed by atoms with Gasteiger partial charge < -0.3 is 14.2 Å². The molecular weight excluding hydrogens is 474 g/mol. The predicted octanol–water partition coefficient (Wildman–Crippen LogP) is 3.18. The second kappa shape index (κ2) is 8.37. The lowest BCUT2D eigenvalue weighted by atomic mass is 9.82. The van der Waals surface area contributed by atoms with Crippen LogP contribution >= 0.6 is 0 Å². The van der Waals surface area contributed by atoms with E-state index in [1.807, 2.05) is 0 Å². The minimum Gasteiger partial charge on any atom is -0.490 e. The van der Waals surface area contributed by atoms with E-state index < -0.39 is 45.7 Å². The van der Waals surface area contributed by atoms with Crippen LogP contribution < -0.4 is 4.74 Å². The Labute approximate surface area is 178 Å². The largest absolute Gasteiger partial charge is 0.490 e. The fraction of sp³-hybridized carbons (Fsp3) is 0.611. The number of rotatable bonds is 7. The molecule has 0 radical (unpaired) electrons. The molecule has 1 aromatic rings. The Hall–Kier alpha value is -2.06. The fourth-order valence-electron chi connectivity index (χ4n) is 3.51. The first-order valence-corrected chi connectivity index (χ1v) is 10.9. The van der Waals surface area contributed by atoms with Gasteiger partial charge in [-0.1, -0.05) is 12.1 Å². The maximum absolute atomic E-state index is 13.5. The van der Waals surface area contributed by atoms with Gasteiger partial charge in [0.05, 0.1) is 12.5 Å². The molecule has 0 amide bonds. The summed E-state index contributed by atoms with van der Waals surface area (Å²) in [5, 5.41) is 0. The van der Waals surface area contributed by atoms with Crippen LogP contribution in [0, 0.1) is 0 Å². The van der Waals surface area contributed by atoms with E-state index in [0.717, 1.165) is 0 Å². The topological polar surface area (TPSA) is 102 Å². The number of carbonyl (C=O) groups excluding carboxylic acids is 1. The van der Waals surface area contributed by atoms with Gasteiger partial charge in [-0.25, -0.2) is 0 Å². The van der Waals surface area contributed by atoms with Gasteiger partial charge in [-0.05, 0) is 36.5 Å². The van der Waals surface area contributed by atoms with Crippen LogP contribution in [-0.4, -0.2) is 62.0 Å². The summed E-state index contributed by atoms with van der Waals surface area (Å²) in [6, 6.07) is 4.32. The van der Waals surface area contributed by atoms with Crippen LogP contribution in [0.25, 0.3) is 0 Å². The van der Waals surface area contributed by atoms with E-state index in [-0.39, 0.29) is 31.1 Å². The molecule has 1 saturated heterocycles. The van der Waals surface area contributed by atoms with Gasteiger partial charge in [-0.2, -0.15) is 34.8 Å². The molecule has 1 aliphatic heterocycles. The van der Waals surface area contributed by atoms with Gasteiger partial charge in [0.1, 0.15) is 24.2 Å². The maximum Gasteiger partial charge on any atom is 0.438 e. The standard InChI is InChI=1S/C18H18F6O7S/c19-17(20,21)16(18(22,23)24,9-32(26,27)28)31-15(25)13-5-1-4-12-11(13)3-2-6-14(12)30-8-10-7-29-10/h2-3,6,10,13H,1,4-5,7-9H2,(H,26,27,28). The highest BCUT2D eigenvalue weighted by Gasteiger charge is 2.76. The van der Waals surface area contributed by atoms with Crippen LogP contribution in [-0.2, 0) is 30.8 Å². The third-order valence-electron chi connectivity index (χ3n) is 5.15. The van der Waals surface area contributed by atoms with Gasteiger partial charge in [-0.3, -0.25) is 9.35 Å². The second-order valence-corrected chi connectivity index (χ2v) is 8.96. The van der Waals surface area contributed by atoms with E-state index in [9.17, 15) is 39.6 Å². The van der Waals surface area contributed by atoms with E-state index in [2.05, 4.69) is 4.74 Å². The van der Waals surface area contributed by atoms with E-state index in [1.165, 1.54) is 12.1 Å². The van der Waals surface area contributed by atoms with Crippen LogP contribution in [0.15, 0.2) is 18.2 Å². The SMILES string of the molecule is O=C(OC(CS(=O)(=O)O)(C(F)(F)F)C(F)(F)F)C1CCCc2c(OCC3CO3)cccc21. The van der Waals surface area contributed by atoms with Crippen molar-refractivity contribution in [3.05, 3.63) is 29.3 Å². The van der Waals surface area contributed by atoms with Crippen LogP contribution in [0.2, 0.25) is 0 Å². The zero-order chi connectivity index (χ0) is 23.9. The fourth-order valence-corrected chi connectivity index (χ4v) is 4.41. The third kappa shape index (κ3) is 5.12. The summed E-state index contributed by atoms with van der Waals surface area (Å²) in [6.07, 6.45) is -12.4. The Bertz CT molecular complexity index is 955. The van der Waals surface area contributed by atoms with Crippen molar-refractivity contribution in [1.29, 1.82) is 0 Å². The van der Waals surface area contributed by atoms with E-state index in [4.69, 9.17) is 14.0 Å². The molecule has 180 valence electrons. The molecule has 1 N–H and O–H groups in total. The molecule has 3 rings (SSSR count). The third-order valence-corrected chi connectivity index (χ3v) is 5.92. The maximum atomic E-state index is 13.5. The average Bonchev–Trinajstić information content (AvgIpc) is 3.46. The van der Waals surface area contributed by atoms with Crippen LogP contribution in [0.3, 0.4) is 0 Å². The molecule has 0 aromatic heterocycles. The number of fused-ring (bicyclic) bond motifs is 1. The summed E-state index contributed by atoms with van der Waals surface area (Å²) in [5.74, 6) is -6.04. The molecule has 1 aromatic carbocycles. The zero-order valence-corrected chi connectivity index (χ0v) is 17.0. The Kier molecular flexibility index (Phi) is 6.43. The van der Waals surface area contributed by atoms with Crippen molar-refractivity contribution in [2.75, 3.05) is 19.0 Å². The molecule has 0 saturated carbocycles. The van der Waals surface area contributed by atoms with Gasteiger partial charge in [0.25, 0.3) is 10.1 Å². The Morgan fingerprint density at radius 2 is 1.78 bits per heavy atom. The minimum absolute atomic E-state index is 0.116. The molecule has 1 heterocycles. The van der Waals surface area contributed by atoms with E-state index >= 15 is 0 Å². The van der Waals surface area contributed by atoms with Crippen LogP contribution in [0.1, 0.15) is 29.9 Å². The smallest absolute Gasteiger partial charge is 0.438 e. The minimum atomic E-state index is -6.37. The van der Waals surface area contributed by atoms with Crippen molar-refractivity contribution in [3.63, 3.8) is 0 Å². The number of benzene rings is 1. The summed E-state index contributed by atoms with van der Waals surface area (Å²) in [7, 11) is -5.85. The average molecular weight is 492 g/mol. The Morgan fingerprint density at radius 3 is 2.31 bits per heavy atom. The zero-order valence-electron chi connectivity index (χ0n) is 16.2.